The van der Waals surface area contributed by atoms with Gasteiger partial charge >= 0.3 is 0 Å². The van der Waals surface area contributed by atoms with Gasteiger partial charge in [0.1, 0.15) is 11.5 Å². The predicted molar refractivity (Wildman–Crippen MR) is 113 cm³/mol. The van der Waals surface area contributed by atoms with Gasteiger partial charge in [-0.1, -0.05) is 5.21 Å². The average molecular weight is 462 g/mol. The highest BCUT2D eigenvalue weighted by Gasteiger charge is 2.34. The van der Waals surface area contributed by atoms with Crippen molar-refractivity contribution in [1.82, 2.24) is 24.7 Å². The number of nitrogens with one attached hydrogen (secondary N) is 1. The molecule has 9 nitrogen and oxygen atoms in total. The maximum absolute atomic E-state index is 13.1. The number of ether oxygens (including phenoxy) is 1. The van der Waals surface area contributed by atoms with Crippen LogP contribution in [0.5, 0.6) is 0 Å². The van der Waals surface area contributed by atoms with Crippen LogP contribution in [-0.2, 0) is 21.3 Å². The van der Waals surface area contributed by atoms with E-state index < -0.39 is 28.0 Å². The Hall–Kier alpha value is -2.73. The predicted octanol–water partition coefficient (Wildman–Crippen LogP) is 1.76. The normalized spacial score (nSPS) is 21.5. The number of aryl methyl sites for hydroxylation is 1. The number of aliphatic hydroxyl groups excluding tert-OH is 1. The van der Waals surface area contributed by atoms with Crippen LogP contribution < -0.4 is 4.72 Å². The summed E-state index contributed by atoms with van der Waals surface area (Å²) in [6.07, 6.45) is 6.20. The molecule has 1 fully saturated rings. The van der Waals surface area contributed by atoms with E-state index in [0.717, 1.165) is 23.4 Å². The molecule has 170 valence electrons. The maximum atomic E-state index is 13.1. The number of benzene rings is 1. The molecule has 0 radical (unpaired) electrons. The van der Waals surface area contributed by atoms with Gasteiger partial charge in [-0.05, 0) is 55.7 Å². The molecule has 0 bridgehead atoms. The summed E-state index contributed by atoms with van der Waals surface area (Å²) in [5.41, 5.74) is 1.61. The Morgan fingerprint density at radius 2 is 2.03 bits per heavy atom. The Balaban J connectivity index is 1.33. The second-order valence-corrected chi connectivity index (χ2v) is 9.35. The number of hydrogen-bond donors (Lipinski definition) is 2. The van der Waals surface area contributed by atoms with Gasteiger partial charge < -0.3 is 9.84 Å². The minimum absolute atomic E-state index is 0.0340. The van der Waals surface area contributed by atoms with E-state index in [2.05, 4.69) is 20.0 Å². The van der Waals surface area contributed by atoms with E-state index in [1.165, 1.54) is 12.1 Å². The zero-order chi connectivity index (χ0) is 22.6. The van der Waals surface area contributed by atoms with Gasteiger partial charge in [0.05, 0.1) is 35.9 Å². The number of pyridine rings is 1. The molecule has 3 aromatic rings. The molecule has 1 saturated heterocycles. The number of aliphatic hydroxyl groups is 1. The molecule has 3 heterocycles. The van der Waals surface area contributed by atoms with E-state index in [0.29, 0.717) is 25.8 Å². The van der Waals surface area contributed by atoms with Gasteiger partial charge in [-0.2, -0.15) is 0 Å². The van der Waals surface area contributed by atoms with E-state index in [4.69, 9.17) is 4.74 Å². The molecule has 3 atom stereocenters. The number of sulfonamides is 1. The molecule has 0 aliphatic carbocycles. The summed E-state index contributed by atoms with van der Waals surface area (Å²) in [6, 6.07) is 7.76. The number of aromatic nitrogens is 4. The van der Waals surface area contributed by atoms with Gasteiger partial charge in [-0.3, -0.25) is 9.67 Å². The lowest BCUT2D eigenvalue weighted by Crippen LogP contribution is -2.50. The first-order valence-electron chi connectivity index (χ1n) is 10.3. The summed E-state index contributed by atoms with van der Waals surface area (Å²) >= 11 is 0. The number of rotatable bonds is 8. The van der Waals surface area contributed by atoms with Gasteiger partial charge in [-0.25, -0.2) is 17.5 Å². The highest BCUT2D eigenvalue weighted by Crippen LogP contribution is 2.24. The summed E-state index contributed by atoms with van der Waals surface area (Å²) in [4.78, 5) is 4.04. The SMILES string of the molecule is O=S(=O)(N[C@H]1CC[C@@H](CCn2cc(-c3cccnc3)nn2)O[C@@H]1CO)c1ccc(F)cc1. The van der Waals surface area contributed by atoms with Crippen molar-refractivity contribution < 1.29 is 22.7 Å². The summed E-state index contributed by atoms with van der Waals surface area (Å²) in [7, 11) is -3.85. The van der Waals surface area contributed by atoms with Crippen LogP contribution in [-0.4, -0.2) is 58.4 Å². The van der Waals surface area contributed by atoms with Crippen LogP contribution in [0.2, 0.25) is 0 Å². The summed E-state index contributed by atoms with van der Waals surface area (Å²) in [5.74, 6) is -0.513. The molecular weight excluding hydrogens is 437 g/mol. The van der Waals surface area contributed by atoms with Gasteiger partial charge in [0, 0.05) is 24.5 Å². The third-order valence-corrected chi connectivity index (χ3v) is 6.91. The zero-order valence-electron chi connectivity index (χ0n) is 17.2. The van der Waals surface area contributed by atoms with E-state index in [1.54, 1.807) is 17.1 Å². The number of halogens is 1. The Bertz CT molecular complexity index is 1120. The first kappa shape index (κ1) is 22.5. The van der Waals surface area contributed by atoms with Crippen molar-refractivity contribution >= 4 is 10.0 Å². The van der Waals surface area contributed by atoms with Crippen molar-refractivity contribution in [3.05, 3.63) is 60.8 Å². The average Bonchev–Trinajstić information content (AvgIpc) is 3.28. The van der Waals surface area contributed by atoms with E-state index >= 15 is 0 Å². The van der Waals surface area contributed by atoms with Crippen molar-refractivity contribution in [3.8, 4) is 11.3 Å². The molecule has 2 aromatic heterocycles. The maximum Gasteiger partial charge on any atom is 0.240 e. The van der Waals surface area contributed by atoms with E-state index in [-0.39, 0.29) is 17.6 Å². The number of nitrogens with zero attached hydrogens (tertiary/aromatic N) is 4. The van der Waals surface area contributed by atoms with Crippen LogP contribution in [0.25, 0.3) is 11.3 Å². The molecule has 0 unspecified atom stereocenters. The Morgan fingerprint density at radius 1 is 1.22 bits per heavy atom. The topological polar surface area (TPSA) is 119 Å². The first-order valence-corrected chi connectivity index (χ1v) is 11.8. The molecule has 11 heteroatoms. The minimum atomic E-state index is -3.85. The van der Waals surface area contributed by atoms with Gasteiger partial charge in [0.25, 0.3) is 0 Å². The molecule has 2 N–H and O–H groups in total. The largest absolute Gasteiger partial charge is 0.394 e. The summed E-state index contributed by atoms with van der Waals surface area (Å²) in [5, 5.41) is 18.0. The Labute approximate surface area is 185 Å². The van der Waals surface area contributed by atoms with Crippen LogP contribution >= 0.6 is 0 Å². The lowest BCUT2D eigenvalue weighted by Gasteiger charge is -2.36. The van der Waals surface area contributed by atoms with E-state index in [1.807, 2.05) is 18.3 Å². The highest BCUT2D eigenvalue weighted by atomic mass is 32.2. The quantitative estimate of drug-likeness (QED) is 0.525. The van der Waals surface area contributed by atoms with Crippen LogP contribution in [0.1, 0.15) is 19.3 Å². The summed E-state index contributed by atoms with van der Waals surface area (Å²) < 4.78 is 48.5. The fourth-order valence-electron chi connectivity index (χ4n) is 3.69. The second kappa shape index (κ2) is 9.82. The van der Waals surface area contributed by atoms with Crippen LogP contribution in [0, 0.1) is 5.82 Å². The minimum Gasteiger partial charge on any atom is -0.394 e. The standard InChI is InChI=1S/C21H24FN5O4S/c22-16-3-6-18(7-4-16)32(29,30)25-19-8-5-17(31-21(19)14-28)9-11-27-13-20(24-26-27)15-2-1-10-23-12-15/h1-4,6-7,10,12-13,17,19,21,25,28H,5,8-9,11,14H2/t17-,19-,21+/m0/s1. The van der Waals surface area contributed by atoms with Crippen LogP contribution in [0.15, 0.2) is 59.9 Å². The van der Waals surface area contributed by atoms with Crippen molar-refractivity contribution in [2.75, 3.05) is 6.61 Å². The van der Waals surface area contributed by atoms with Crippen molar-refractivity contribution in [3.63, 3.8) is 0 Å². The molecule has 0 amide bonds. The molecule has 0 spiro atoms. The third-order valence-electron chi connectivity index (χ3n) is 5.40. The molecule has 1 aromatic carbocycles. The van der Waals surface area contributed by atoms with Crippen LogP contribution in [0.3, 0.4) is 0 Å². The molecule has 0 saturated carbocycles. The third kappa shape index (κ3) is 5.36. The van der Waals surface area contributed by atoms with Crippen molar-refractivity contribution in [2.45, 2.75) is 49.0 Å². The molecule has 4 rings (SSSR count). The van der Waals surface area contributed by atoms with Crippen molar-refractivity contribution in [2.24, 2.45) is 0 Å². The Kier molecular flexibility index (Phi) is 6.89. The highest BCUT2D eigenvalue weighted by molar-refractivity contribution is 7.89. The first-order chi connectivity index (χ1) is 15.4. The second-order valence-electron chi connectivity index (χ2n) is 7.64. The smallest absolute Gasteiger partial charge is 0.240 e. The molecule has 1 aliphatic rings. The zero-order valence-corrected chi connectivity index (χ0v) is 18.0. The molecular formula is C21H24FN5O4S. The van der Waals surface area contributed by atoms with Crippen LogP contribution in [0.4, 0.5) is 4.39 Å². The molecule has 1 aliphatic heterocycles. The van der Waals surface area contributed by atoms with Gasteiger partial charge in [0.2, 0.25) is 10.0 Å². The monoisotopic (exact) mass is 461 g/mol. The lowest BCUT2D eigenvalue weighted by atomic mass is 9.98. The van der Waals surface area contributed by atoms with Gasteiger partial charge in [0.15, 0.2) is 0 Å². The summed E-state index contributed by atoms with van der Waals surface area (Å²) in [6.45, 7) is 0.254. The fraction of sp³-hybridized carbons (Fsp3) is 0.381. The Morgan fingerprint density at radius 3 is 2.75 bits per heavy atom. The number of hydrogen-bond acceptors (Lipinski definition) is 7. The van der Waals surface area contributed by atoms with Crippen molar-refractivity contribution in [1.29, 1.82) is 0 Å². The molecule has 32 heavy (non-hydrogen) atoms. The lowest BCUT2D eigenvalue weighted by molar-refractivity contribution is -0.0891. The van der Waals surface area contributed by atoms with E-state index in [9.17, 15) is 17.9 Å². The van der Waals surface area contributed by atoms with Gasteiger partial charge in [-0.15, -0.1) is 5.10 Å². The fourth-order valence-corrected chi connectivity index (χ4v) is 4.99.